The number of aryl methyl sites for hydroxylation is 1. The summed E-state index contributed by atoms with van der Waals surface area (Å²) in [6, 6.07) is 5.67. The molecule has 0 fully saturated rings. The third kappa shape index (κ3) is 6.02. The zero-order valence-electron chi connectivity index (χ0n) is 14.7. The smallest absolute Gasteiger partial charge is 0.226 e. The molecule has 1 N–H and O–H groups in total. The quantitative estimate of drug-likeness (QED) is 0.666. The van der Waals surface area contributed by atoms with Gasteiger partial charge in [-0.3, -0.25) is 19.7 Å². The number of hydrogen-bond donors (Lipinski definition) is 1. The van der Waals surface area contributed by atoms with Gasteiger partial charge in [0.1, 0.15) is 5.75 Å². The lowest BCUT2D eigenvalue weighted by Crippen LogP contribution is -2.33. The van der Waals surface area contributed by atoms with Gasteiger partial charge in [0.2, 0.25) is 18.7 Å². The van der Waals surface area contributed by atoms with Gasteiger partial charge in [-0.15, -0.1) is 0 Å². The van der Waals surface area contributed by atoms with E-state index in [-0.39, 0.29) is 24.5 Å². The second-order valence-corrected chi connectivity index (χ2v) is 6.07. The molecule has 1 atom stereocenters. The SMILES string of the molecule is Cc1cccc(OC(C)C)c1CN(C=O)C(C)CCC(=O)NC=O. The third-order valence-electron chi connectivity index (χ3n) is 3.78. The monoisotopic (exact) mass is 334 g/mol. The standard InChI is InChI=1S/C18H26N2O4/c1-13(2)24-17-7-5-6-14(3)16(17)10-20(12-22)15(4)8-9-18(23)19-11-21/h5-7,11-13,15H,8-10H2,1-4H3,(H,19,21,23). The van der Waals surface area contributed by atoms with E-state index in [0.717, 1.165) is 23.3 Å². The first kappa shape index (κ1) is 19.7. The summed E-state index contributed by atoms with van der Waals surface area (Å²) in [6.45, 7) is 8.18. The average molecular weight is 334 g/mol. The number of rotatable bonds is 10. The van der Waals surface area contributed by atoms with Crippen LogP contribution in [0.15, 0.2) is 18.2 Å². The van der Waals surface area contributed by atoms with Gasteiger partial charge in [0.15, 0.2) is 0 Å². The van der Waals surface area contributed by atoms with Gasteiger partial charge < -0.3 is 9.64 Å². The van der Waals surface area contributed by atoms with Crippen LogP contribution in [0.1, 0.15) is 44.7 Å². The van der Waals surface area contributed by atoms with Crippen LogP contribution < -0.4 is 10.1 Å². The molecular weight excluding hydrogens is 308 g/mol. The van der Waals surface area contributed by atoms with Gasteiger partial charge in [-0.1, -0.05) is 12.1 Å². The summed E-state index contributed by atoms with van der Waals surface area (Å²) >= 11 is 0. The molecular formula is C18H26N2O4. The van der Waals surface area contributed by atoms with Crippen LogP contribution in [0.5, 0.6) is 5.75 Å². The second kappa shape index (κ2) is 9.70. The predicted molar refractivity (Wildman–Crippen MR) is 91.5 cm³/mol. The minimum absolute atomic E-state index is 0.0414. The molecule has 0 radical (unpaired) electrons. The molecule has 132 valence electrons. The van der Waals surface area contributed by atoms with Gasteiger partial charge in [0, 0.05) is 24.6 Å². The Balaban J connectivity index is 2.82. The summed E-state index contributed by atoms with van der Waals surface area (Å²) in [5.41, 5.74) is 2.01. The summed E-state index contributed by atoms with van der Waals surface area (Å²) in [6.07, 6.45) is 1.86. The van der Waals surface area contributed by atoms with Crippen LogP contribution in [0.4, 0.5) is 0 Å². The van der Waals surface area contributed by atoms with E-state index in [0.29, 0.717) is 19.4 Å². The van der Waals surface area contributed by atoms with Crippen LogP contribution >= 0.6 is 0 Å². The summed E-state index contributed by atoms with van der Waals surface area (Å²) < 4.78 is 5.84. The maximum atomic E-state index is 11.5. The van der Waals surface area contributed by atoms with E-state index in [9.17, 15) is 14.4 Å². The molecule has 0 saturated heterocycles. The molecule has 0 aliphatic rings. The van der Waals surface area contributed by atoms with Crippen LogP contribution in [0.3, 0.4) is 0 Å². The summed E-state index contributed by atoms with van der Waals surface area (Å²) in [5, 5.41) is 2.10. The number of carbonyl (C=O) groups is 3. The molecule has 0 aliphatic carbocycles. The number of amides is 3. The highest BCUT2D eigenvalue weighted by atomic mass is 16.5. The number of carbonyl (C=O) groups excluding carboxylic acids is 3. The van der Waals surface area contributed by atoms with Crippen molar-refractivity contribution in [1.82, 2.24) is 10.2 Å². The molecule has 6 nitrogen and oxygen atoms in total. The highest BCUT2D eigenvalue weighted by Crippen LogP contribution is 2.25. The van der Waals surface area contributed by atoms with Crippen LogP contribution in [0.25, 0.3) is 0 Å². The van der Waals surface area contributed by atoms with Gasteiger partial charge in [0.25, 0.3) is 0 Å². The molecule has 0 saturated carbocycles. The van der Waals surface area contributed by atoms with Crippen molar-refractivity contribution in [3.8, 4) is 5.75 Å². The largest absolute Gasteiger partial charge is 0.491 e. The normalized spacial score (nSPS) is 11.7. The molecule has 1 unspecified atom stereocenters. The maximum absolute atomic E-state index is 11.5. The summed E-state index contributed by atoms with van der Waals surface area (Å²) in [5.74, 6) is 0.421. The minimum atomic E-state index is -0.345. The molecule has 3 amide bonds. The van der Waals surface area contributed by atoms with E-state index in [1.54, 1.807) is 4.90 Å². The zero-order chi connectivity index (χ0) is 18.1. The molecule has 1 aromatic rings. The van der Waals surface area contributed by atoms with E-state index < -0.39 is 0 Å². The van der Waals surface area contributed by atoms with Gasteiger partial charge in [0.05, 0.1) is 6.10 Å². The first-order chi connectivity index (χ1) is 11.4. The van der Waals surface area contributed by atoms with Gasteiger partial charge in [-0.25, -0.2) is 0 Å². The van der Waals surface area contributed by atoms with Crippen molar-refractivity contribution in [2.24, 2.45) is 0 Å². The Morgan fingerprint density at radius 1 is 1.29 bits per heavy atom. The molecule has 0 heterocycles. The minimum Gasteiger partial charge on any atom is -0.491 e. The summed E-state index contributed by atoms with van der Waals surface area (Å²) in [4.78, 5) is 34.8. The summed E-state index contributed by atoms with van der Waals surface area (Å²) in [7, 11) is 0. The number of ether oxygens (including phenoxy) is 1. The van der Waals surface area contributed by atoms with Gasteiger partial charge in [-0.2, -0.15) is 0 Å². The number of benzene rings is 1. The second-order valence-electron chi connectivity index (χ2n) is 6.07. The number of imide groups is 1. The van der Waals surface area contributed by atoms with Crippen molar-refractivity contribution in [1.29, 1.82) is 0 Å². The average Bonchev–Trinajstić information content (AvgIpc) is 2.52. The fourth-order valence-electron chi connectivity index (χ4n) is 2.37. The lowest BCUT2D eigenvalue weighted by Gasteiger charge is -2.27. The van der Waals surface area contributed by atoms with Crippen LogP contribution in [-0.4, -0.2) is 35.8 Å². The Bertz CT molecular complexity index is 572. The van der Waals surface area contributed by atoms with Gasteiger partial charge in [-0.05, 0) is 45.7 Å². The van der Waals surface area contributed by atoms with E-state index in [1.807, 2.05) is 45.9 Å². The molecule has 0 aliphatic heterocycles. The Hall–Kier alpha value is -2.37. The van der Waals surface area contributed by atoms with Crippen molar-refractivity contribution in [2.75, 3.05) is 0 Å². The molecule has 0 aromatic heterocycles. The molecule has 6 heteroatoms. The van der Waals surface area contributed by atoms with E-state index in [2.05, 4.69) is 5.32 Å². The molecule has 0 bridgehead atoms. The van der Waals surface area contributed by atoms with Crippen molar-refractivity contribution in [3.05, 3.63) is 29.3 Å². The van der Waals surface area contributed by atoms with E-state index in [1.165, 1.54) is 0 Å². The Kier molecular flexibility index (Phi) is 7.95. The third-order valence-corrected chi connectivity index (χ3v) is 3.78. The van der Waals surface area contributed by atoms with Crippen molar-refractivity contribution >= 4 is 18.7 Å². The first-order valence-corrected chi connectivity index (χ1v) is 8.08. The number of nitrogens with zero attached hydrogens (tertiary/aromatic N) is 1. The molecule has 0 spiro atoms. The Morgan fingerprint density at radius 2 is 2.00 bits per heavy atom. The predicted octanol–water partition coefficient (Wildman–Crippen LogP) is 2.18. The van der Waals surface area contributed by atoms with Gasteiger partial charge >= 0.3 is 0 Å². The lowest BCUT2D eigenvalue weighted by atomic mass is 10.1. The van der Waals surface area contributed by atoms with E-state index in [4.69, 9.17) is 4.74 Å². The molecule has 1 aromatic carbocycles. The fourth-order valence-corrected chi connectivity index (χ4v) is 2.37. The van der Waals surface area contributed by atoms with Crippen LogP contribution in [-0.2, 0) is 20.9 Å². The van der Waals surface area contributed by atoms with Crippen molar-refractivity contribution in [3.63, 3.8) is 0 Å². The van der Waals surface area contributed by atoms with Crippen LogP contribution in [0, 0.1) is 6.92 Å². The van der Waals surface area contributed by atoms with Crippen molar-refractivity contribution < 1.29 is 19.1 Å². The van der Waals surface area contributed by atoms with Crippen molar-refractivity contribution in [2.45, 2.75) is 59.2 Å². The highest BCUT2D eigenvalue weighted by Gasteiger charge is 2.17. The lowest BCUT2D eigenvalue weighted by molar-refractivity contribution is -0.126. The molecule has 1 rings (SSSR count). The number of nitrogens with one attached hydrogen (secondary N) is 1. The zero-order valence-corrected chi connectivity index (χ0v) is 14.7. The van der Waals surface area contributed by atoms with Crippen LogP contribution in [0.2, 0.25) is 0 Å². The Labute approximate surface area is 143 Å². The number of hydrogen-bond acceptors (Lipinski definition) is 4. The maximum Gasteiger partial charge on any atom is 0.226 e. The highest BCUT2D eigenvalue weighted by molar-refractivity contribution is 5.85. The molecule has 24 heavy (non-hydrogen) atoms. The van der Waals surface area contributed by atoms with E-state index >= 15 is 0 Å². The Morgan fingerprint density at radius 3 is 2.58 bits per heavy atom. The fraction of sp³-hybridized carbons (Fsp3) is 0.500. The topological polar surface area (TPSA) is 75.7 Å². The first-order valence-electron chi connectivity index (χ1n) is 8.08.